The second-order valence-electron chi connectivity index (χ2n) is 3.60. The molecule has 0 spiro atoms. The van der Waals surface area contributed by atoms with Gasteiger partial charge in [-0.15, -0.1) is 0 Å². The average Bonchev–Trinajstić information content (AvgIpc) is 2.15. The lowest BCUT2D eigenvalue weighted by Crippen LogP contribution is -2.18. The SMILES string of the molecule is CCCC(O)C=C[N+]([O-])=NC(C)C(C)O. The molecule has 0 bridgehead atoms. The molecule has 2 N–H and O–H groups in total. The lowest BCUT2D eigenvalue weighted by molar-refractivity contribution is -0.463. The normalized spacial score (nSPS) is 19.1. The summed E-state index contributed by atoms with van der Waals surface area (Å²) in [6.45, 7) is 5.16. The van der Waals surface area contributed by atoms with E-state index in [2.05, 4.69) is 5.11 Å². The number of hydrogen-bond acceptors (Lipinski definition) is 4. The fourth-order valence-electron chi connectivity index (χ4n) is 0.879. The zero-order chi connectivity index (χ0) is 11.8. The summed E-state index contributed by atoms with van der Waals surface area (Å²) in [5, 5.41) is 33.1. The summed E-state index contributed by atoms with van der Waals surface area (Å²) in [7, 11) is 0. The largest absolute Gasteiger partial charge is 0.595 e. The first-order valence-corrected chi connectivity index (χ1v) is 5.19. The lowest BCUT2D eigenvalue weighted by Gasteiger charge is -2.06. The van der Waals surface area contributed by atoms with Crippen LogP contribution in [0.2, 0.25) is 0 Å². The molecule has 15 heavy (non-hydrogen) atoms. The molecule has 0 radical (unpaired) electrons. The van der Waals surface area contributed by atoms with Crippen LogP contribution in [0.25, 0.3) is 0 Å². The Morgan fingerprint density at radius 1 is 1.40 bits per heavy atom. The molecule has 3 unspecified atom stereocenters. The van der Waals surface area contributed by atoms with Crippen LogP contribution < -0.4 is 0 Å². The molecule has 0 saturated carbocycles. The van der Waals surface area contributed by atoms with Crippen LogP contribution in [0.15, 0.2) is 17.4 Å². The van der Waals surface area contributed by atoms with E-state index in [9.17, 15) is 10.3 Å². The van der Waals surface area contributed by atoms with Crippen molar-refractivity contribution in [3.8, 4) is 0 Å². The zero-order valence-corrected chi connectivity index (χ0v) is 9.50. The molecule has 0 saturated heterocycles. The van der Waals surface area contributed by atoms with E-state index >= 15 is 0 Å². The van der Waals surface area contributed by atoms with Crippen molar-refractivity contribution in [2.75, 3.05) is 0 Å². The highest BCUT2D eigenvalue weighted by Gasteiger charge is 2.10. The van der Waals surface area contributed by atoms with E-state index in [0.29, 0.717) is 11.3 Å². The van der Waals surface area contributed by atoms with Crippen LogP contribution in [0.4, 0.5) is 0 Å². The summed E-state index contributed by atoms with van der Waals surface area (Å²) >= 11 is 0. The van der Waals surface area contributed by atoms with E-state index in [1.54, 1.807) is 13.8 Å². The maximum atomic E-state index is 11.1. The van der Waals surface area contributed by atoms with Crippen LogP contribution in [-0.4, -0.2) is 33.3 Å². The fourth-order valence-corrected chi connectivity index (χ4v) is 0.879. The Hall–Kier alpha value is -0.940. The Morgan fingerprint density at radius 2 is 2.00 bits per heavy atom. The summed E-state index contributed by atoms with van der Waals surface area (Å²) in [6, 6.07) is -0.449. The Labute approximate surface area is 90.3 Å². The van der Waals surface area contributed by atoms with Crippen LogP contribution in [0.5, 0.6) is 0 Å². The number of aliphatic hydroxyl groups excluding tert-OH is 2. The molecule has 5 heteroatoms. The van der Waals surface area contributed by atoms with Crippen LogP contribution in [0.1, 0.15) is 33.6 Å². The van der Waals surface area contributed by atoms with Gasteiger partial charge < -0.3 is 15.4 Å². The van der Waals surface area contributed by atoms with Gasteiger partial charge in [0, 0.05) is 6.08 Å². The molecule has 0 amide bonds. The van der Waals surface area contributed by atoms with E-state index < -0.39 is 18.2 Å². The summed E-state index contributed by atoms with van der Waals surface area (Å²) in [5.41, 5.74) is 0. The summed E-state index contributed by atoms with van der Waals surface area (Å²) in [6.07, 6.45) is 2.77. The molecule has 0 aliphatic rings. The third-order valence-electron chi connectivity index (χ3n) is 2.01. The molecule has 0 heterocycles. The van der Waals surface area contributed by atoms with Crippen molar-refractivity contribution in [3.63, 3.8) is 0 Å². The van der Waals surface area contributed by atoms with Gasteiger partial charge in [0.15, 0.2) is 0 Å². The predicted octanol–water partition coefficient (Wildman–Crippen LogP) is 1.39. The first-order valence-electron chi connectivity index (χ1n) is 5.19. The molecule has 0 aliphatic carbocycles. The number of nitrogens with zero attached hydrogens (tertiary/aromatic N) is 2. The van der Waals surface area contributed by atoms with Gasteiger partial charge in [-0.05, 0) is 25.4 Å². The predicted molar refractivity (Wildman–Crippen MR) is 57.3 cm³/mol. The summed E-state index contributed by atoms with van der Waals surface area (Å²) in [4.78, 5) is 0.371. The maximum absolute atomic E-state index is 11.1. The third kappa shape index (κ3) is 7.04. The van der Waals surface area contributed by atoms with Crippen molar-refractivity contribution >= 4 is 0 Å². The van der Waals surface area contributed by atoms with Crippen molar-refractivity contribution in [2.45, 2.75) is 51.9 Å². The topological polar surface area (TPSA) is 78.9 Å². The molecule has 0 rings (SSSR count). The van der Waals surface area contributed by atoms with Crippen molar-refractivity contribution < 1.29 is 15.1 Å². The van der Waals surface area contributed by atoms with Crippen LogP contribution in [0.3, 0.4) is 0 Å². The van der Waals surface area contributed by atoms with Gasteiger partial charge in [0.2, 0.25) is 6.20 Å². The lowest BCUT2D eigenvalue weighted by atomic mass is 10.2. The average molecular weight is 216 g/mol. The minimum Gasteiger partial charge on any atom is -0.595 e. The van der Waals surface area contributed by atoms with Crippen molar-refractivity contribution in [3.05, 3.63) is 17.5 Å². The molecular weight excluding hydrogens is 196 g/mol. The number of rotatable bonds is 6. The highest BCUT2D eigenvalue weighted by Crippen LogP contribution is 2.00. The summed E-state index contributed by atoms with van der Waals surface area (Å²) < 4.78 is 0. The van der Waals surface area contributed by atoms with Crippen LogP contribution in [0, 0.1) is 5.21 Å². The van der Waals surface area contributed by atoms with E-state index in [1.165, 1.54) is 12.3 Å². The number of hydroxylamine groups is 1. The molecule has 0 aliphatic heterocycles. The zero-order valence-electron chi connectivity index (χ0n) is 9.50. The van der Waals surface area contributed by atoms with Crippen molar-refractivity contribution in [1.82, 2.24) is 0 Å². The minimum absolute atomic E-state index is 0.371. The minimum atomic E-state index is -0.657. The summed E-state index contributed by atoms with van der Waals surface area (Å²) in [5.74, 6) is 0. The van der Waals surface area contributed by atoms with Gasteiger partial charge in [-0.2, -0.15) is 0 Å². The Bertz CT molecular complexity index is 227. The highest BCUT2D eigenvalue weighted by molar-refractivity contribution is 4.81. The first-order chi connectivity index (χ1) is 6.97. The standard InChI is InChI=1S/C10H20N2O3/c1-4-5-10(14)6-7-12(15)11-8(2)9(3)13/h6-10,13-14H,4-5H2,1-3H3. The number of azo groups is 1. The number of aliphatic hydroxyl groups is 2. The second kappa shape index (κ2) is 7.36. The highest BCUT2D eigenvalue weighted by atomic mass is 16.5. The molecule has 0 fully saturated rings. The smallest absolute Gasteiger partial charge is 0.208 e. The maximum Gasteiger partial charge on any atom is 0.208 e. The van der Waals surface area contributed by atoms with Gasteiger partial charge >= 0.3 is 0 Å². The quantitative estimate of drug-likeness (QED) is 0.400. The molecule has 0 aromatic rings. The fraction of sp³-hybridized carbons (Fsp3) is 0.800. The van der Waals surface area contributed by atoms with Gasteiger partial charge in [-0.3, -0.25) is 0 Å². The van der Waals surface area contributed by atoms with Gasteiger partial charge in [-0.25, -0.2) is 0 Å². The molecular formula is C10H20N2O3. The van der Waals surface area contributed by atoms with Gasteiger partial charge in [0.05, 0.1) is 12.2 Å². The van der Waals surface area contributed by atoms with Gasteiger partial charge in [0.25, 0.3) is 0 Å². The first kappa shape index (κ1) is 14.1. The molecule has 0 aromatic heterocycles. The van der Waals surface area contributed by atoms with Gasteiger partial charge in [0.1, 0.15) is 6.04 Å². The molecule has 5 nitrogen and oxygen atoms in total. The van der Waals surface area contributed by atoms with Crippen LogP contribution >= 0.6 is 0 Å². The molecule has 88 valence electrons. The number of hydrogen-bond donors (Lipinski definition) is 2. The van der Waals surface area contributed by atoms with E-state index in [1.807, 2.05) is 6.92 Å². The van der Waals surface area contributed by atoms with E-state index in [-0.39, 0.29) is 0 Å². The van der Waals surface area contributed by atoms with E-state index in [0.717, 1.165) is 6.42 Å². The van der Waals surface area contributed by atoms with Crippen molar-refractivity contribution in [1.29, 1.82) is 0 Å². The monoisotopic (exact) mass is 216 g/mol. The van der Waals surface area contributed by atoms with E-state index in [4.69, 9.17) is 5.11 Å². The van der Waals surface area contributed by atoms with Gasteiger partial charge in [-0.1, -0.05) is 18.2 Å². The molecule has 3 atom stereocenters. The molecule has 0 aromatic carbocycles. The van der Waals surface area contributed by atoms with Crippen molar-refractivity contribution in [2.24, 2.45) is 5.11 Å². The van der Waals surface area contributed by atoms with Crippen LogP contribution in [-0.2, 0) is 0 Å². The Morgan fingerprint density at radius 3 is 2.47 bits per heavy atom. The second-order valence-corrected chi connectivity index (χ2v) is 3.60. The Kier molecular flexibility index (Phi) is 6.90. The third-order valence-corrected chi connectivity index (χ3v) is 2.01. The Balaban J connectivity index is 4.16.